The van der Waals surface area contributed by atoms with Crippen molar-refractivity contribution < 1.29 is 9.53 Å². The first kappa shape index (κ1) is 18.0. The van der Waals surface area contributed by atoms with Crippen LogP contribution in [-0.2, 0) is 11.3 Å². The molecule has 0 radical (unpaired) electrons. The van der Waals surface area contributed by atoms with Crippen LogP contribution in [0.2, 0.25) is 5.02 Å². The molecule has 0 atom stereocenters. The van der Waals surface area contributed by atoms with Gasteiger partial charge in [-0.2, -0.15) is 5.10 Å². The van der Waals surface area contributed by atoms with E-state index in [9.17, 15) is 4.79 Å². The first-order valence-corrected chi connectivity index (χ1v) is 8.66. The molecule has 1 aromatic heterocycles. The fourth-order valence-electron chi connectivity index (χ4n) is 2.70. The average Bonchev–Trinajstić information content (AvgIpc) is 3.03. The zero-order valence-corrected chi connectivity index (χ0v) is 15.5. The number of rotatable bonds is 6. The topological polar surface area (TPSA) is 56.1 Å². The third-order valence-corrected chi connectivity index (χ3v) is 4.39. The Kier molecular flexibility index (Phi) is 5.58. The first-order chi connectivity index (χ1) is 12.5. The second-order valence-corrected chi connectivity index (χ2v) is 6.43. The van der Waals surface area contributed by atoms with Crippen LogP contribution in [0.5, 0.6) is 5.75 Å². The van der Waals surface area contributed by atoms with Crippen molar-refractivity contribution in [3.63, 3.8) is 0 Å². The quantitative estimate of drug-likeness (QED) is 0.707. The number of hydrogen-bond donors (Lipinski definition) is 1. The van der Waals surface area contributed by atoms with Crippen molar-refractivity contribution in [2.45, 2.75) is 20.4 Å². The third-order valence-electron chi connectivity index (χ3n) is 4.02. The highest BCUT2D eigenvalue weighted by Gasteiger charge is 2.11. The summed E-state index contributed by atoms with van der Waals surface area (Å²) in [6, 6.07) is 15.2. The van der Waals surface area contributed by atoms with Crippen LogP contribution in [0.15, 0.2) is 54.7 Å². The number of nitrogens with one attached hydrogen (secondary N) is 1. The van der Waals surface area contributed by atoms with Crippen LogP contribution in [0, 0.1) is 13.8 Å². The van der Waals surface area contributed by atoms with Crippen LogP contribution in [0.4, 0.5) is 5.82 Å². The number of para-hydroxylation sites is 1. The summed E-state index contributed by atoms with van der Waals surface area (Å²) in [6.07, 6.45) is 1.64. The summed E-state index contributed by atoms with van der Waals surface area (Å²) in [5.74, 6) is 1.10. The highest BCUT2D eigenvalue weighted by Crippen LogP contribution is 2.22. The number of aryl methyl sites for hydroxylation is 2. The van der Waals surface area contributed by atoms with Gasteiger partial charge in [-0.25, -0.2) is 4.68 Å². The van der Waals surface area contributed by atoms with Crippen molar-refractivity contribution >= 4 is 23.3 Å². The van der Waals surface area contributed by atoms with E-state index >= 15 is 0 Å². The molecule has 0 saturated heterocycles. The molecule has 5 nitrogen and oxygen atoms in total. The van der Waals surface area contributed by atoms with Crippen LogP contribution in [-0.4, -0.2) is 22.3 Å². The molecule has 2 aromatic carbocycles. The van der Waals surface area contributed by atoms with Gasteiger partial charge in [-0.1, -0.05) is 48.0 Å². The fourth-order valence-corrected chi connectivity index (χ4v) is 2.89. The van der Waals surface area contributed by atoms with Crippen molar-refractivity contribution in [3.8, 4) is 5.75 Å². The average molecular weight is 370 g/mol. The van der Waals surface area contributed by atoms with Gasteiger partial charge < -0.3 is 10.1 Å². The van der Waals surface area contributed by atoms with Gasteiger partial charge in [-0.3, -0.25) is 4.79 Å². The number of ether oxygens (including phenoxy) is 1. The largest absolute Gasteiger partial charge is 0.483 e. The van der Waals surface area contributed by atoms with E-state index in [4.69, 9.17) is 16.3 Å². The molecule has 26 heavy (non-hydrogen) atoms. The summed E-state index contributed by atoms with van der Waals surface area (Å²) in [5.41, 5.74) is 2.93. The van der Waals surface area contributed by atoms with Crippen LogP contribution >= 0.6 is 11.6 Å². The second kappa shape index (κ2) is 8.06. The molecule has 3 rings (SSSR count). The predicted molar refractivity (Wildman–Crippen MR) is 103 cm³/mol. The molecule has 1 N–H and O–H groups in total. The number of carbonyl (C=O) groups excluding carboxylic acids is 1. The molecule has 1 amide bonds. The Balaban J connectivity index is 1.64. The van der Waals surface area contributed by atoms with Gasteiger partial charge in [0.05, 0.1) is 12.7 Å². The molecular weight excluding hydrogens is 350 g/mol. The number of anilines is 1. The molecule has 3 aromatic rings. The molecule has 0 unspecified atom stereocenters. The minimum absolute atomic E-state index is 0.0665. The number of carbonyl (C=O) groups is 1. The molecule has 134 valence electrons. The molecular formula is C20H20ClN3O2. The number of halogens is 1. The molecule has 0 aliphatic heterocycles. The Morgan fingerprint density at radius 2 is 1.85 bits per heavy atom. The lowest BCUT2D eigenvalue weighted by Crippen LogP contribution is -2.22. The van der Waals surface area contributed by atoms with Gasteiger partial charge >= 0.3 is 0 Å². The molecule has 6 heteroatoms. The van der Waals surface area contributed by atoms with Gasteiger partial charge in [-0.15, -0.1) is 0 Å². The van der Waals surface area contributed by atoms with E-state index in [1.165, 1.54) is 0 Å². The van der Waals surface area contributed by atoms with Crippen molar-refractivity contribution in [2.75, 3.05) is 11.9 Å². The van der Waals surface area contributed by atoms with E-state index in [1.54, 1.807) is 16.9 Å². The zero-order valence-electron chi connectivity index (χ0n) is 14.7. The fraction of sp³-hybridized carbons (Fsp3) is 0.200. The molecule has 0 saturated carbocycles. The Bertz CT molecular complexity index is 901. The Morgan fingerprint density at radius 1 is 1.12 bits per heavy atom. The Hall–Kier alpha value is -2.79. The zero-order chi connectivity index (χ0) is 18.5. The van der Waals surface area contributed by atoms with E-state index < -0.39 is 0 Å². The normalized spacial score (nSPS) is 10.6. The SMILES string of the molecule is Cc1cccc(C)c1OCC(=O)Nc1ccnn1Cc1ccccc1Cl. The summed E-state index contributed by atoms with van der Waals surface area (Å²) >= 11 is 6.20. The molecule has 0 spiro atoms. The van der Waals surface area contributed by atoms with Crippen LogP contribution in [0.25, 0.3) is 0 Å². The van der Waals surface area contributed by atoms with Crippen molar-refractivity contribution in [2.24, 2.45) is 0 Å². The van der Waals surface area contributed by atoms with Crippen LogP contribution < -0.4 is 10.1 Å². The molecule has 0 bridgehead atoms. The highest BCUT2D eigenvalue weighted by molar-refractivity contribution is 6.31. The smallest absolute Gasteiger partial charge is 0.263 e. The third kappa shape index (κ3) is 4.24. The van der Waals surface area contributed by atoms with E-state index in [0.29, 0.717) is 17.4 Å². The van der Waals surface area contributed by atoms with Crippen LogP contribution in [0.1, 0.15) is 16.7 Å². The number of amides is 1. The van der Waals surface area contributed by atoms with Gasteiger partial charge in [0, 0.05) is 11.1 Å². The van der Waals surface area contributed by atoms with E-state index in [1.807, 2.05) is 56.3 Å². The Morgan fingerprint density at radius 3 is 2.58 bits per heavy atom. The minimum Gasteiger partial charge on any atom is -0.483 e. The number of hydrogen-bond acceptors (Lipinski definition) is 3. The van der Waals surface area contributed by atoms with Gasteiger partial charge in [0.1, 0.15) is 11.6 Å². The van der Waals surface area contributed by atoms with Gasteiger partial charge in [0.25, 0.3) is 5.91 Å². The molecule has 0 aliphatic carbocycles. The van der Waals surface area contributed by atoms with Crippen molar-refractivity contribution in [3.05, 3.63) is 76.4 Å². The first-order valence-electron chi connectivity index (χ1n) is 8.28. The van der Waals surface area contributed by atoms with Gasteiger partial charge in [-0.05, 0) is 36.6 Å². The molecule has 0 fully saturated rings. The van der Waals surface area contributed by atoms with Gasteiger partial charge in [0.15, 0.2) is 6.61 Å². The number of aromatic nitrogens is 2. The highest BCUT2D eigenvalue weighted by atomic mass is 35.5. The summed E-state index contributed by atoms with van der Waals surface area (Å²) in [4.78, 5) is 12.3. The maximum Gasteiger partial charge on any atom is 0.263 e. The minimum atomic E-state index is -0.242. The molecule has 1 heterocycles. The number of benzene rings is 2. The van der Waals surface area contributed by atoms with E-state index in [2.05, 4.69) is 10.4 Å². The summed E-state index contributed by atoms with van der Waals surface area (Å²) in [5, 5.41) is 7.75. The van der Waals surface area contributed by atoms with E-state index in [-0.39, 0.29) is 12.5 Å². The molecule has 0 aliphatic rings. The predicted octanol–water partition coefficient (Wildman–Crippen LogP) is 4.22. The Labute approximate surface area is 157 Å². The maximum absolute atomic E-state index is 12.3. The van der Waals surface area contributed by atoms with Crippen molar-refractivity contribution in [1.82, 2.24) is 9.78 Å². The lowest BCUT2D eigenvalue weighted by atomic mass is 10.1. The monoisotopic (exact) mass is 369 g/mol. The summed E-state index contributed by atoms with van der Waals surface area (Å²) < 4.78 is 7.39. The summed E-state index contributed by atoms with van der Waals surface area (Å²) in [6.45, 7) is 4.32. The van der Waals surface area contributed by atoms with Gasteiger partial charge in [0.2, 0.25) is 0 Å². The van der Waals surface area contributed by atoms with E-state index in [0.717, 1.165) is 22.4 Å². The lowest BCUT2D eigenvalue weighted by molar-refractivity contribution is -0.118. The number of nitrogens with zero attached hydrogens (tertiary/aromatic N) is 2. The lowest BCUT2D eigenvalue weighted by Gasteiger charge is -2.13. The van der Waals surface area contributed by atoms with Crippen molar-refractivity contribution in [1.29, 1.82) is 0 Å². The second-order valence-electron chi connectivity index (χ2n) is 6.02. The standard InChI is InChI=1S/C20H20ClN3O2/c1-14-6-5-7-15(2)20(14)26-13-19(25)23-18-10-11-22-24(18)12-16-8-3-4-9-17(16)21/h3-11H,12-13H2,1-2H3,(H,23,25). The van der Waals surface area contributed by atoms with Crippen LogP contribution in [0.3, 0.4) is 0 Å². The summed E-state index contributed by atoms with van der Waals surface area (Å²) in [7, 11) is 0. The maximum atomic E-state index is 12.3.